The molecule has 10 heteroatoms. The van der Waals surface area contributed by atoms with Gasteiger partial charge in [-0.3, -0.25) is 0 Å². The largest absolute Gasteiger partial charge is 0.633 e. The van der Waals surface area contributed by atoms with E-state index in [-0.39, 0.29) is 13.2 Å². The minimum atomic E-state index is -1.62. The van der Waals surface area contributed by atoms with Crippen LogP contribution in [0.4, 0.5) is 0 Å². The summed E-state index contributed by atoms with van der Waals surface area (Å²) in [6.45, 7) is 8.43. The number of aliphatic hydroxyl groups is 2. The summed E-state index contributed by atoms with van der Waals surface area (Å²) in [6.07, 6.45) is 0. The van der Waals surface area contributed by atoms with Gasteiger partial charge in [0.15, 0.2) is 0 Å². The SMILES string of the molecule is CCOCC.COB(O)O.OCCOCCOCCOCCO. The first-order valence-corrected chi connectivity index (χ1v) is 7.52. The molecule has 23 heavy (non-hydrogen) atoms. The van der Waals surface area contributed by atoms with Gasteiger partial charge in [0.25, 0.3) is 0 Å². The van der Waals surface area contributed by atoms with Crippen LogP contribution in [0, 0.1) is 0 Å². The van der Waals surface area contributed by atoms with Gasteiger partial charge in [-0.05, 0) is 13.8 Å². The second-order valence-corrected chi connectivity index (χ2v) is 3.63. The van der Waals surface area contributed by atoms with Gasteiger partial charge in [0.2, 0.25) is 0 Å². The molecule has 9 nitrogen and oxygen atoms in total. The smallest absolute Gasteiger partial charge is 0.402 e. The zero-order chi connectivity index (χ0) is 18.2. The Morgan fingerprint density at radius 3 is 1.13 bits per heavy atom. The highest BCUT2D eigenvalue weighted by atomic mass is 16.6. The van der Waals surface area contributed by atoms with Crippen LogP contribution in [0.3, 0.4) is 0 Å². The van der Waals surface area contributed by atoms with Gasteiger partial charge in [-0.1, -0.05) is 0 Å². The minimum absolute atomic E-state index is 0.0413. The third-order valence-electron chi connectivity index (χ3n) is 1.83. The van der Waals surface area contributed by atoms with Crippen molar-refractivity contribution in [1.82, 2.24) is 0 Å². The van der Waals surface area contributed by atoms with Crippen LogP contribution in [-0.4, -0.2) is 101 Å². The molecule has 0 aliphatic heterocycles. The second-order valence-electron chi connectivity index (χ2n) is 3.63. The number of aliphatic hydroxyl groups excluding tert-OH is 2. The third kappa shape index (κ3) is 44.9. The van der Waals surface area contributed by atoms with Crippen molar-refractivity contribution in [3.05, 3.63) is 0 Å². The van der Waals surface area contributed by atoms with E-state index in [0.29, 0.717) is 39.6 Å². The highest BCUT2D eigenvalue weighted by molar-refractivity contribution is 6.32. The lowest BCUT2D eigenvalue weighted by Gasteiger charge is -2.04. The zero-order valence-electron chi connectivity index (χ0n) is 14.5. The van der Waals surface area contributed by atoms with Crippen molar-refractivity contribution in [1.29, 1.82) is 0 Å². The van der Waals surface area contributed by atoms with Gasteiger partial charge in [0.1, 0.15) is 0 Å². The van der Waals surface area contributed by atoms with Crippen LogP contribution in [0.1, 0.15) is 13.8 Å². The molecule has 0 saturated heterocycles. The highest BCUT2D eigenvalue weighted by Gasteiger charge is 2.00. The topological polar surface area (TPSA) is 127 Å². The Labute approximate surface area is 139 Å². The summed E-state index contributed by atoms with van der Waals surface area (Å²) in [6, 6.07) is 0. The van der Waals surface area contributed by atoms with Crippen LogP contribution in [0.15, 0.2) is 0 Å². The first-order valence-electron chi connectivity index (χ1n) is 7.52. The molecule has 0 aromatic rings. The van der Waals surface area contributed by atoms with Crippen LogP contribution < -0.4 is 0 Å². The molecule has 0 spiro atoms. The molecule has 4 N–H and O–H groups in total. The van der Waals surface area contributed by atoms with E-state index in [9.17, 15) is 0 Å². The fraction of sp³-hybridized carbons (Fsp3) is 1.00. The van der Waals surface area contributed by atoms with Crippen molar-refractivity contribution >= 4 is 7.32 Å². The van der Waals surface area contributed by atoms with E-state index in [2.05, 4.69) is 4.65 Å². The molecule has 0 fully saturated rings. The lowest BCUT2D eigenvalue weighted by atomic mass is 10.3. The summed E-state index contributed by atoms with van der Waals surface area (Å²) in [4.78, 5) is 0. The number of hydrogen-bond acceptors (Lipinski definition) is 9. The molecule has 0 unspecified atom stereocenters. The molecule has 0 aromatic carbocycles. The van der Waals surface area contributed by atoms with E-state index in [0.717, 1.165) is 13.2 Å². The van der Waals surface area contributed by atoms with Gasteiger partial charge in [-0.15, -0.1) is 0 Å². The lowest BCUT2D eigenvalue weighted by Crippen LogP contribution is -2.12. The fourth-order valence-electron chi connectivity index (χ4n) is 0.875. The Balaban J connectivity index is -0.000000329. The quantitative estimate of drug-likeness (QED) is 0.237. The average Bonchev–Trinajstić information content (AvgIpc) is 2.55. The molecule has 0 saturated carbocycles. The summed E-state index contributed by atoms with van der Waals surface area (Å²) >= 11 is 0. The minimum Gasteiger partial charge on any atom is -0.402 e. The normalized spacial score (nSPS) is 9.52. The van der Waals surface area contributed by atoms with Crippen molar-refractivity contribution in [2.24, 2.45) is 0 Å². The molecule has 0 amide bonds. The molecule has 0 aliphatic rings. The first-order chi connectivity index (χ1) is 11.1. The number of rotatable bonds is 13. The van der Waals surface area contributed by atoms with Gasteiger partial charge in [0.05, 0.1) is 52.9 Å². The average molecular weight is 344 g/mol. The number of ether oxygens (including phenoxy) is 4. The van der Waals surface area contributed by atoms with Crippen LogP contribution in [0.2, 0.25) is 0 Å². The predicted molar refractivity (Wildman–Crippen MR) is 86.0 cm³/mol. The Kier molecular flexibility index (Phi) is 35.6. The summed E-state index contributed by atoms with van der Waals surface area (Å²) < 4.78 is 23.7. The maximum absolute atomic E-state index is 8.36. The summed E-state index contributed by atoms with van der Waals surface area (Å²) in [5.74, 6) is 0. The van der Waals surface area contributed by atoms with Crippen molar-refractivity contribution in [2.45, 2.75) is 13.8 Å². The van der Waals surface area contributed by atoms with Gasteiger partial charge < -0.3 is 43.9 Å². The van der Waals surface area contributed by atoms with Crippen LogP contribution in [0.5, 0.6) is 0 Å². The predicted octanol–water partition coefficient (Wildman–Crippen LogP) is -1.33. The Hall–Kier alpha value is -0.295. The Bertz CT molecular complexity index is 164. The Morgan fingerprint density at radius 1 is 0.652 bits per heavy atom. The molecular formula is C13H33BO9. The molecule has 0 aromatic heterocycles. The summed E-state index contributed by atoms with van der Waals surface area (Å²) in [5.41, 5.74) is 0. The van der Waals surface area contributed by atoms with Gasteiger partial charge in [0, 0.05) is 20.3 Å². The monoisotopic (exact) mass is 344 g/mol. The number of hydrogen-bond donors (Lipinski definition) is 4. The highest BCUT2D eigenvalue weighted by Crippen LogP contribution is 1.80. The van der Waals surface area contributed by atoms with Gasteiger partial charge in [-0.25, -0.2) is 0 Å². The molecule has 0 aliphatic carbocycles. The van der Waals surface area contributed by atoms with Gasteiger partial charge >= 0.3 is 7.32 Å². The Morgan fingerprint density at radius 2 is 0.957 bits per heavy atom. The maximum atomic E-state index is 8.36. The second kappa shape index (κ2) is 29.7. The van der Waals surface area contributed by atoms with E-state index in [1.165, 1.54) is 7.11 Å². The van der Waals surface area contributed by atoms with E-state index in [4.69, 9.17) is 39.2 Å². The zero-order valence-corrected chi connectivity index (χ0v) is 14.5. The molecule has 0 radical (unpaired) electrons. The third-order valence-corrected chi connectivity index (χ3v) is 1.83. The summed E-state index contributed by atoms with van der Waals surface area (Å²) in [5, 5.41) is 32.1. The maximum Gasteiger partial charge on any atom is 0.633 e. The molecule has 0 rings (SSSR count). The van der Waals surface area contributed by atoms with Crippen molar-refractivity contribution in [3.63, 3.8) is 0 Å². The van der Waals surface area contributed by atoms with Gasteiger partial charge in [-0.2, -0.15) is 0 Å². The van der Waals surface area contributed by atoms with Crippen molar-refractivity contribution < 1.29 is 43.9 Å². The summed E-state index contributed by atoms with van der Waals surface area (Å²) in [7, 11) is -0.417. The van der Waals surface area contributed by atoms with Crippen LogP contribution in [0.25, 0.3) is 0 Å². The van der Waals surface area contributed by atoms with Crippen LogP contribution >= 0.6 is 0 Å². The molecular weight excluding hydrogens is 311 g/mol. The van der Waals surface area contributed by atoms with E-state index >= 15 is 0 Å². The van der Waals surface area contributed by atoms with Crippen LogP contribution in [-0.2, 0) is 23.6 Å². The molecule has 0 heterocycles. The van der Waals surface area contributed by atoms with Crippen molar-refractivity contribution in [3.8, 4) is 0 Å². The first kappa shape index (κ1) is 27.5. The fourth-order valence-corrected chi connectivity index (χ4v) is 0.875. The lowest BCUT2D eigenvalue weighted by molar-refractivity contribution is 0.00230. The molecule has 0 atom stereocenters. The molecule has 0 bridgehead atoms. The van der Waals surface area contributed by atoms with Crippen molar-refractivity contribution in [2.75, 3.05) is 73.2 Å². The van der Waals surface area contributed by atoms with E-state index < -0.39 is 7.32 Å². The standard InChI is InChI=1S/C8H18O5.C4H10O.CH5BO3/c9-1-3-11-5-7-13-8-6-12-4-2-10;1-3-5-4-2;1-5-2(3)4/h9-10H,1-8H2;3-4H2,1-2H3;3-4H,1H3. The van der Waals surface area contributed by atoms with E-state index in [1.807, 2.05) is 13.8 Å². The molecule has 142 valence electrons. The van der Waals surface area contributed by atoms with E-state index in [1.54, 1.807) is 0 Å².